The number of methoxy groups -OCH3 is 2. The van der Waals surface area contributed by atoms with Crippen LogP contribution in [0.15, 0.2) is 47.8 Å². The van der Waals surface area contributed by atoms with Crippen molar-refractivity contribution in [2.75, 3.05) is 19.5 Å². The van der Waals surface area contributed by atoms with E-state index in [9.17, 15) is 4.39 Å². The second-order valence-corrected chi connectivity index (χ2v) is 6.40. The van der Waals surface area contributed by atoms with E-state index in [0.717, 1.165) is 5.56 Å². The fourth-order valence-corrected chi connectivity index (χ4v) is 3.27. The smallest absolute Gasteiger partial charge is 0.195 e. The zero-order valence-electron chi connectivity index (χ0n) is 15.3. The summed E-state index contributed by atoms with van der Waals surface area (Å²) in [6, 6.07) is 11.8. The number of anilines is 1. The maximum Gasteiger partial charge on any atom is 0.195 e. The number of hydrogen-bond donors (Lipinski definition) is 3. The van der Waals surface area contributed by atoms with Crippen LogP contribution in [0.5, 0.6) is 11.5 Å². The van der Waals surface area contributed by atoms with Crippen LogP contribution in [0.2, 0.25) is 0 Å². The lowest BCUT2D eigenvalue weighted by Crippen LogP contribution is -2.29. The van der Waals surface area contributed by atoms with Gasteiger partial charge in [-0.15, -0.1) is 28.3 Å². The number of thiazole rings is 1. The number of hydrogen-bond acceptors (Lipinski definition) is 5. The van der Waals surface area contributed by atoms with Crippen molar-refractivity contribution in [2.45, 2.75) is 6.54 Å². The van der Waals surface area contributed by atoms with E-state index in [1.165, 1.54) is 23.5 Å². The largest absolute Gasteiger partial charge is 0.496 e. The third-order valence-electron chi connectivity index (χ3n) is 3.83. The van der Waals surface area contributed by atoms with Crippen LogP contribution >= 0.6 is 28.3 Å². The van der Waals surface area contributed by atoms with E-state index in [4.69, 9.17) is 14.9 Å². The summed E-state index contributed by atoms with van der Waals surface area (Å²) in [6.07, 6.45) is 0. The van der Waals surface area contributed by atoms with Gasteiger partial charge < -0.3 is 20.1 Å². The number of ether oxygens (including phenoxy) is 2. The lowest BCUT2D eigenvalue weighted by atomic mass is 10.1. The summed E-state index contributed by atoms with van der Waals surface area (Å²) in [5.41, 5.74) is 2.16. The molecule has 0 aliphatic rings. The van der Waals surface area contributed by atoms with Crippen molar-refractivity contribution in [3.8, 4) is 22.8 Å². The number of nitrogens with one attached hydrogen (secondary N) is 3. The van der Waals surface area contributed by atoms with Crippen molar-refractivity contribution in [2.24, 2.45) is 0 Å². The fraction of sp³-hybridized carbons (Fsp3) is 0.158. The first-order valence-corrected chi connectivity index (χ1v) is 8.99. The molecule has 3 aromatic rings. The summed E-state index contributed by atoms with van der Waals surface area (Å²) in [5.74, 6) is 1.13. The summed E-state index contributed by atoms with van der Waals surface area (Å²) >= 11 is 1.34. The summed E-state index contributed by atoms with van der Waals surface area (Å²) < 4.78 is 24.0. The van der Waals surface area contributed by atoms with Gasteiger partial charge in [0.05, 0.1) is 32.0 Å². The highest BCUT2D eigenvalue weighted by Gasteiger charge is 2.11. The van der Waals surface area contributed by atoms with Crippen LogP contribution < -0.4 is 20.1 Å². The second kappa shape index (κ2) is 10.0. The highest BCUT2D eigenvalue weighted by Crippen LogP contribution is 2.28. The number of guanidine groups is 1. The number of halogens is 2. The van der Waals surface area contributed by atoms with Gasteiger partial charge in [0.15, 0.2) is 11.1 Å². The highest BCUT2D eigenvalue weighted by atomic mass is 79.9. The van der Waals surface area contributed by atoms with Gasteiger partial charge in [0, 0.05) is 10.9 Å². The quantitative estimate of drug-likeness (QED) is 0.363. The summed E-state index contributed by atoms with van der Waals surface area (Å²) in [4.78, 5) is 4.39. The summed E-state index contributed by atoms with van der Waals surface area (Å²) in [7, 11) is 3.18. The van der Waals surface area contributed by atoms with E-state index < -0.39 is 0 Å². The van der Waals surface area contributed by atoms with Crippen LogP contribution in [-0.2, 0) is 6.54 Å². The van der Waals surface area contributed by atoms with Crippen LogP contribution in [0.1, 0.15) is 5.56 Å². The van der Waals surface area contributed by atoms with Crippen molar-refractivity contribution in [3.05, 3.63) is 59.2 Å². The average molecular weight is 467 g/mol. The molecule has 0 atom stereocenters. The second-order valence-electron chi connectivity index (χ2n) is 5.54. The molecule has 0 saturated heterocycles. The summed E-state index contributed by atoms with van der Waals surface area (Å²) in [5, 5.41) is 16.3. The van der Waals surface area contributed by atoms with Gasteiger partial charge >= 0.3 is 0 Å². The van der Waals surface area contributed by atoms with Gasteiger partial charge in [-0.3, -0.25) is 5.41 Å². The number of benzene rings is 2. The van der Waals surface area contributed by atoms with E-state index in [1.807, 2.05) is 23.6 Å². The van der Waals surface area contributed by atoms with Crippen molar-refractivity contribution >= 4 is 39.4 Å². The average Bonchev–Trinajstić information content (AvgIpc) is 3.14. The van der Waals surface area contributed by atoms with Gasteiger partial charge in [0.25, 0.3) is 0 Å². The molecule has 1 heterocycles. The molecule has 28 heavy (non-hydrogen) atoms. The molecule has 0 fully saturated rings. The molecule has 0 aliphatic carbocycles. The maximum atomic E-state index is 13.4. The number of aromatic nitrogens is 1. The first-order chi connectivity index (χ1) is 13.1. The Morgan fingerprint density at radius 2 is 1.82 bits per heavy atom. The van der Waals surface area contributed by atoms with Crippen LogP contribution in [0, 0.1) is 11.2 Å². The monoisotopic (exact) mass is 466 g/mol. The molecule has 6 nitrogen and oxygen atoms in total. The Kier molecular flexibility index (Phi) is 7.77. The van der Waals surface area contributed by atoms with Gasteiger partial charge in [-0.2, -0.15) is 0 Å². The molecule has 0 amide bonds. The van der Waals surface area contributed by atoms with E-state index in [-0.39, 0.29) is 28.8 Å². The van der Waals surface area contributed by atoms with Crippen molar-refractivity contribution < 1.29 is 13.9 Å². The molecule has 9 heteroatoms. The van der Waals surface area contributed by atoms with Gasteiger partial charge in [0.1, 0.15) is 17.3 Å². The molecule has 0 radical (unpaired) electrons. The van der Waals surface area contributed by atoms with Crippen LogP contribution in [0.4, 0.5) is 9.52 Å². The Morgan fingerprint density at radius 3 is 2.46 bits per heavy atom. The van der Waals surface area contributed by atoms with Crippen molar-refractivity contribution in [3.63, 3.8) is 0 Å². The Morgan fingerprint density at radius 1 is 1.14 bits per heavy atom. The molecule has 0 aliphatic heterocycles. The molecule has 2 aromatic carbocycles. The van der Waals surface area contributed by atoms with E-state index in [2.05, 4.69) is 15.6 Å². The normalized spacial score (nSPS) is 9.96. The van der Waals surface area contributed by atoms with Gasteiger partial charge in [-0.25, -0.2) is 9.37 Å². The standard InChI is InChI=1S/C19H19FN4O2S.BrH/c1-25-16-7-4-8-17(26-2)14(16)10-22-18(21)24-19-23-15(11-27-19)12-5-3-6-13(20)9-12;/h3-9,11H,10H2,1-2H3,(H3,21,22,23,24);1H. The van der Waals surface area contributed by atoms with E-state index in [1.54, 1.807) is 26.4 Å². The Labute approximate surface area is 177 Å². The molecule has 3 N–H and O–H groups in total. The Balaban J connectivity index is 0.00000280. The predicted molar refractivity (Wildman–Crippen MR) is 116 cm³/mol. The molecule has 0 spiro atoms. The minimum absolute atomic E-state index is 0. The SMILES string of the molecule is Br.COc1cccc(OC)c1CNC(=N)Nc1nc(-c2cccc(F)c2)cs1. The number of rotatable bonds is 6. The Hall–Kier alpha value is -2.65. The summed E-state index contributed by atoms with van der Waals surface area (Å²) in [6.45, 7) is 0.348. The molecular weight excluding hydrogens is 447 g/mol. The third kappa shape index (κ3) is 5.20. The first-order valence-electron chi connectivity index (χ1n) is 8.11. The number of nitrogens with zero attached hydrogens (tertiary/aromatic N) is 1. The third-order valence-corrected chi connectivity index (χ3v) is 4.59. The maximum absolute atomic E-state index is 13.4. The minimum atomic E-state index is -0.310. The van der Waals surface area contributed by atoms with E-state index >= 15 is 0 Å². The van der Waals surface area contributed by atoms with Gasteiger partial charge in [-0.05, 0) is 24.3 Å². The zero-order valence-corrected chi connectivity index (χ0v) is 17.8. The molecule has 0 bridgehead atoms. The van der Waals surface area contributed by atoms with Gasteiger partial charge in [0.2, 0.25) is 0 Å². The van der Waals surface area contributed by atoms with Crippen LogP contribution in [0.25, 0.3) is 11.3 Å². The predicted octanol–water partition coefficient (Wildman–Crippen LogP) is 4.68. The molecular formula is C19H20BrFN4O2S. The molecule has 3 rings (SSSR count). The van der Waals surface area contributed by atoms with E-state index in [0.29, 0.717) is 34.4 Å². The fourth-order valence-electron chi connectivity index (χ4n) is 2.54. The molecule has 0 saturated carbocycles. The topological polar surface area (TPSA) is 79.3 Å². The highest BCUT2D eigenvalue weighted by molar-refractivity contribution is 8.93. The Bertz CT molecular complexity index is 929. The van der Waals surface area contributed by atoms with Crippen LogP contribution in [0.3, 0.4) is 0 Å². The lowest BCUT2D eigenvalue weighted by Gasteiger charge is -2.14. The van der Waals surface area contributed by atoms with Gasteiger partial charge in [-0.1, -0.05) is 18.2 Å². The molecule has 148 valence electrons. The molecule has 0 unspecified atom stereocenters. The van der Waals surface area contributed by atoms with Crippen LogP contribution in [-0.4, -0.2) is 25.2 Å². The minimum Gasteiger partial charge on any atom is -0.496 e. The lowest BCUT2D eigenvalue weighted by molar-refractivity contribution is 0.384. The van der Waals surface area contributed by atoms with Crippen molar-refractivity contribution in [1.82, 2.24) is 10.3 Å². The molecule has 1 aromatic heterocycles. The first kappa shape index (κ1) is 21.6. The van der Waals surface area contributed by atoms with Crippen molar-refractivity contribution in [1.29, 1.82) is 5.41 Å². The zero-order chi connectivity index (χ0) is 19.2.